The summed E-state index contributed by atoms with van der Waals surface area (Å²) in [4.78, 5) is 4.09. The van der Waals surface area contributed by atoms with Crippen LogP contribution in [0.5, 0.6) is 0 Å². The summed E-state index contributed by atoms with van der Waals surface area (Å²) in [5, 5.41) is 1.30. The number of hydrogen-bond donors (Lipinski definition) is 0. The molecule has 1 heterocycles. The van der Waals surface area contributed by atoms with Crippen molar-refractivity contribution in [3.8, 4) is 0 Å². The van der Waals surface area contributed by atoms with Gasteiger partial charge in [-0.25, -0.2) is 4.98 Å². The number of hydrogen-bond acceptors (Lipinski definition) is 2. The maximum Gasteiger partial charge on any atom is 0.0946 e. The third-order valence-corrected chi connectivity index (χ3v) is 4.18. The van der Waals surface area contributed by atoms with E-state index in [1.54, 1.807) is 12.3 Å². The highest BCUT2D eigenvalue weighted by Gasteiger charge is 2.11. The van der Waals surface area contributed by atoms with Crippen molar-refractivity contribution in [1.82, 2.24) is 9.55 Å². The first kappa shape index (κ1) is 17.3. The number of benzene rings is 1. The normalized spacial score (nSPS) is 12.5. The average molecular weight is 341 g/mol. The van der Waals surface area contributed by atoms with Crippen LogP contribution in [0.1, 0.15) is 38.2 Å². The largest absolute Gasteiger partial charge is 0.372 e. The number of nitrogens with zero attached hydrogens (tertiary/aromatic N) is 2. The number of unbranched alkanes of at least 4 members (excludes halogenated alkanes) is 2. The number of halogens is 2. The molecular weight excluding hydrogens is 319 g/mol. The highest BCUT2D eigenvalue weighted by Crippen LogP contribution is 2.22. The lowest BCUT2D eigenvalue weighted by Crippen LogP contribution is -2.19. The van der Waals surface area contributed by atoms with Crippen molar-refractivity contribution in [2.75, 3.05) is 0 Å². The molecule has 0 spiro atoms. The number of aromatic nitrogens is 2. The van der Waals surface area contributed by atoms with Crippen molar-refractivity contribution in [2.24, 2.45) is 0 Å². The molecule has 2 rings (SSSR count). The van der Waals surface area contributed by atoms with Gasteiger partial charge in [-0.3, -0.25) is 0 Å². The summed E-state index contributed by atoms with van der Waals surface area (Å²) in [6.07, 6.45) is 10.4. The zero-order valence-corrected chi connectivity index (χ0v) is 14.4. The first-order chi connectivity index (χ1) is 10.7. The predicted molar refractivity (Wildman–Crippen MR) is 91.4 cm³/mol. The maximum atomic E-state index is 6.20. The van der Waals surface area contributed by atoms with Crippen LogP contribution in [0.2, 0.25) is 10.0 Å². The minimum Gasteiger partial charge on any atom is -0.372 e. The van der Waals surface area contributed by atoms with Crippen LogP contribution in [-0.4, -0.2) is 15.7 Å². The van der Waals surface area contributed by atoms with E-state index in [0.717, 1.165) is 18.5 Å². The van der Waals surface area contributed by atoms with Gasteiger partial charge in [0.1, 0.15) is 0 Å². The lowest BCUT2D eigenvalue weighted by molar-refractivity contribution is 0.0222. The molecule has 0 radical (unpaired) electrons. The molecule has 0 bridgehead atoms. The van der Waals surface area contributed by atoms with E-state index in [4.69, 9.17) is 27.9 Å². The number of rotatable bonds is 9. The van der Waals surface area contributed by atoms with E-state index in [9.17, 15) is 0 Å². The summed E-state index contributed by atoms with van der Waals surface area (Å²) >= 11 is 12.1. The van der Waals surface area contributed by atoms with Gasteiger partial charge in [0, 0.05) is 29.0 Å². The molecule has 0 aliphatic carbocycles. The zero-order chi connectivity index (χ0) is 15.8. The molecule has 3 nitrogen and oxygen atoms in total. The van der Waals surface area contributed by atoms with Crippen molar-refractivity contribution in [3.05, 3.63) is 52.5 Å². The second-order valence-corrected chi connectivity index (χ2v) is 6.27. The van der Waals surface area contributed by atoms with Crippen LogP contribution in [0.3, 0.4) is 0 Å². The molecule has 0 aliphatic rings. The van der Waals surface area contributed by atoms with Gasteiger partial charge in [0.15, 0.2) is 0 Å². The van der Waals surface area contributed by atoms with Crippen molar-refractivity contribution < 1.29 is 4.74 Å². The fraction of sp³-hybridized carbons (Fsp3) is 0.471. The van der Waals surface area contributed by atoms with Crippen LogP contribution in [-0.2, 0) is 17.9 Å². The van der Waals surface area contributed by atoms with Gasteiger partial charge in [0.05, 0.1) is 19.0 Å². The van der Waals surface area contributed by atoms with Gasteiger partial charge in [-0.1, -0.05) is 55.5 Å². The second-order valence-electron chi connectivity index (χ2n) is 5.42. The van der Waals surface area contributed by atoms with Crippen LogP contribution in [0, 0.1) is 0 Å². The van der Waals surface area contributed by atoms with Crippen molar-refractivity contribution in [2.45, 2.75) is 51.9 Å². The molecule has 1 unspecified atom stereocenters. The third-order valence-electron chi connectivity index (χ3n) is 3.59. The Balaban J connectivity index is 1.92. The molecule has 0 saturated heterocycles. The molecule has 0 fully saturated rings. The highest BCUT2D eigenvalue weighted by atomic mass is 35.5. The van der Waals surface area contributed by atoms with Gasteiger partial charge in [-0.15, -0.1) is 0 Å². The van der Waals surface area contributed by atoms with Crippen molar-refractivity contribution in [3.63, 3.8) is 0 Å². The lowest BCUT2D eigenvalue weighted by Gasteiger charge is -2.19. The highest BCUT2D eigenvalue weighted by molar-refractivity contribution is 6.35. The fourth-order valence-corrected chi connectivity index (χ4v) is 2.79. The molecule has 22 heavy (non-hydrogen) atoms. The fourth-order valence-electron chi connectivity index (χ4n) is 2.33. The van der Waals surface area contributed by atoms with Crippen molar-refractivity contribution in [1.29, 1.82) is 0 Å². The molecule has 1 aromatic carbocycles. The molecule has 0 amide bonds. The summed E-state index contributed by atoms with van der Waals surface area (Å²) in [6.45, 7) is 3.52. The Labute approximate surface area is 142 Å². The summed E-state index contributed by atoms with van der Waals surface area (Å²) < 4.78 is 8.15. The Morgan fingerprint density at radius 2 is 2.14 bits per heavy atom. The van der Waals surface area contributed by atoms with Gasteiger partial charge < -0.3 is 9.30 Å². The topological polar surface area (TPSA) is 27.1 Å². The first-order valence-corrected chi connectivity index (χ1v) is 8.46. The Kier molecular flexibility index (Phi) is 7.23. The quantitative estimate of drug-likeness (QED) is 0.575. The molecule has 0 N–H and O–H groups in total. The van der Waals surface area contributed by atoms with E-state index in [-0.39, 0.29) is 6.10 Å². The summed E-state index contributed by atoms with van der Waals surface area (Å²) in [5.74, 6) is 0. The Morgan fingerprint density at radius 1 is 1.27 bits per heavy atom. The predicted octanol–water partition coefficient (Wildman–Crippen LogP) is 5.36. The van der Waals surface area contributed by atoms with Gasteiger partial charge in [-0.05, 0) is 24.1 Å². The minimum absolute atomic E-state index is 0.160. The van der Waals surface area contributed by atoms with Crippen LogP contribution in [0.25, 0.3) is 0 Å². The Morgan fingerprint density at radius 3 is 2.82 bits per heavy atom. The van der Waals surface area contributed by atoms with E-state index in [0.29, 0.717) is 16.7 Å². The van der Waals surface area contributed by atoms with Crippen molar-refractivity contribution >= 4 is 23.2 Å². The maximum absolute atomic E-state index is 6.20. The molecule has 5 heteroatoms. The monoisotopic (exact) mass is 340 g/mol. The third kappa shape index (κ3) is 5.64. The summed E-state index contributed by atoms with van der Waals surface area (Å²) in [7, 11) is 0. The lowest BCUT2D eigenvalue weighted by atomic mass is 10.1. The van der Waals surface area contributed by atoms with Crippen LogP contribution >= 0.6 is 23.2 Å². The Bertz CT molecular complexity index is 558. The van der Waals surface area contributed by atoms with E-state index >= 15 is 0 Å². The van der Waals surface area contributed by atoms with E-state index in [1.807, 2.05) is 24.7 Å². The van der Waals surface area contributed by atoms with E-state index in [1.165, 1.54) is 19.3 Å². The Hall–Kier alpha value is -1.03. The first-order valence-electron chi connectivity index (χ1n) is 7.70. The van der Waals surface area contributed by atoms with Gasteiger partial charge in [0.25, 0.3) is 0 Å². The van der Waals surface area contributed by atoms with E-state index in [2.05, 4.69) is 16.5 Å². The van der Waals surface area contributed by atoms with Gasteiger partial charge in [0.2, 0.25) is 0 Å². The zero-order valence-electron chi connectivity index (χ0n) is 12.8. The molecule has 120 valence electrons. The second kappa shape index (κ2) is 9.19. The molecule has 1 atom stereocenters. The number of ether oxygens (including phenoxy) is 1. The van der Waals surface area contributed by atoms with Gasteiger partial charge >= 0.3 is 0 Å². The number of imidazole rings is 1. The standard InChI is InChI=1S/C17H22Cl2N2O/c1-2-3-4-5-16(11-21-9-8-20-13-21)22-12-14-6-7-15(18)10-17(14)19/h6-10,13,16H,2-5,11-12H2,1H3. The molecule has 2 aromatic rings. The van der Waals surface area contributed by atoms with E-state index < -0.39 is 0 Å². The molecule has 0 aliphatic heterocycles. The minimum atomic E-state index is 0.160. The van der Waals surface area contributed by atoms with Gasteiger partial charge in [-0.2, -0.15) is 0 Å². The van der Waals surface area contributed by atoms with Crippen LogP contribution < -0.4 is 0 Å². The molecular formula is C17H22Cl2N2O. The smallest absolute Gasteiger partial charge is 0.0946 e. The molecule has 1 aromatic heterocycles. The summed E-state index contributed by atoms with van der Waals surface area (Å²) in [6, 6.07) is 5.52. The molecule has 0 saturated carbocycles. The summed E-state index contributed by atoms with van der Waals surface area (Å²) in [5.41, 5.74) is 0.970. The van der Waals surface area contributed by atoms with Crippen LogP contribution in [0.4, 0.5) is 0 Å². The average Bonchev–Trinajstić information content (AvgIpc) is 2.99. The SMILES string of the molecule is CCCCCC(Cn1ccnc1)OCc1ccc(Cl)cc1Cl. The van der Waals surface area contributed by atoms with Crippen LogP contribution in [0.15, 0.2) is 36.9 Å².